The average molecular weight is 191 g/mol. The van der Waals surface area contributed by atoms with Gasteiger partial charge in [-0.1, -0.05) is 30.3 Å². The Kier molecular flexibility index (Phi) is 2.50. The number of likely N-dealkylation sites (tertiary alicyclic amines) is 1. The van der Waals surface area contributed by atoms with Crippen molar-refractivity contribution in [1.29, 1.82) is 0 Å². The molecule has 0 bridgehead atoms. The van der Waals surface area contributed by atoms with Crippen LogP contribution in [0.25, 0.3) is 0 Å². The highest BCUT2D eigenvalue weighted by Crippen LogP contribution is 2.22. The van der Waals surface area contributed by atoms with Crippen LogP contribution in [-0.2, 0) is 16.1 Å². The van der Waals surface area contributed by atoms with Crippen molar-refractivity contribution in [3.05, 3.63) is 35.9 Å². The summed E-state index contributed by atoms with van der Waals surface area (Å²) >= 11 is 0. The van der Waals surface area contributed by atoms with Gasteiger partial charge in [-0.15, -0.1) is 0 Å². The molecule has 1 saturated heterocycles. The number of hydrogen-bond acceptors (Lipinski definition) is 2. The first-order valence-electron chi connectivity index (χ1n) is 4.67. The van der Waals surface area contributed by atoms with Crippen LogP contribution in [0.1, 0.15) is 12.0 Å². The first-order valence-corrected chi connectivity index (χ1v) is 4.67. The molecule has 1 amide bonds. The number of carbonyl (C=O) groups is 1. The number of rotatable bonds is 3. The third-order valence-electron chi connectivity index (χ3n) is 2.49. The minimum atomic E-state index is -0.0253. The standard InChI is InChI=1S/C11H13NO2/c1-14-11-7-10(13)12(11)8-9-5-3-2-4-6-9/h2-6,11H,7-8H2,1H3. The van der Waals surface area contributed by atoms with Gasteiger partial charge in [-0.3, -0.25) is 4.79 Å². The molecule has 1 aliphatic rings. The van der Waals surface area contributed by atoms with Gasteiger partial charge in [0.15, 0.2) is 0 Å². The second-order valence-electron chi connectivity index (χ2n) is 3.40. The van der Waals surface area contributed by atoms with Gasteiger partial charge in [0.05, 0.1) is 6.42 Å². The lowest BCUT2D eigenvalue weighted by Crippen LogP contribution is -2.52. The van der Waals surface area contributed by atoms with Gasteiger partial charge in [-0.2, -0.15) is 0 Å². The number of methoxy groups -OCH3 is 1. The summed E-state index contributed by atoms with van der Waals surface area (Å²) in [6.07, 6.45) is 0.492. The molecule has 0 radical (unpaired) electrons. The van der Waals surface area contributed by atoms with E-state index in [2.05, 4.69) is 0 Å². The monoisotopic (exact) mass is 191 g/mol. The molecule has 0 spiro atoms. The molecule has 1 fully saturated rings. The van der Waals surface area contributed by atoms with Gasteiger partial charge in [0.1, 0.15) is 6.23 Å². The summed E-state index contributed by atoms with van der Waals surface area (Å²) < 4.78 is 5.15. The molecule has 1 aromatic rings. The van der Waals surface area contributed by atoms with Gasteiger partial charge >= 0.3 is 0 Å². The summed E-state index contributed by atoms with van der Waals surface area (Å²) in [6.45, 7) is 0.651. The number of β-lactam (4-membered cyclic amide) rings is 1. The number of carbonyl (C=O) groups excluding carboxylic acids is 1. The van der Waals surface area contributed by atoms with E-state index in [0.717, 1.165) is 5.56 Å². The third kappa shape index (κ3) is 1.63. The fourth-order valence-corrected chi connectivity index (χ4v) is 1.61. The lowest BCUT2D eigenvalue weighted by atomic mass is 10.1. The van der Waals surface area contributed by atoms with Crippen molar-refractivity contribution in [2.24, 2.45) is 0 Å². The topological polar surface area (TPSA) is 29.5 Å². The van der Waals surface area contributed by atoms with Gasteiger partial charge in [-0.25, -0.2) is 0 Å². The summed E-state index contributed by atoms with van der Waals surface area (Å²) in [5.74, 6) is 0.167. The summed E-state index contributed by atoms with van der Waals surface area (Å²) in [4.78, 5) is 13.0. The maximum Gasteiger partial charge on any atom is 0.229 e. The second-order valence-corrected chi connectivity index (χ2v) is 3.40. The molecule has 2 rings (SSSR count). The molecule has 14 heavy (non-hydrogen) atoms. The Morgan fingerprint density at radius 3 is 2.71 bits per heavy atom. The Hall–Kier alpha value is -1.35. The van der Waals surface area contributed by atoms with Crippen LogP contribution in [0.5, 0.6) is 0 Å². The van der Waals surface area contributed by atoms with Crippen LogP contribution in [0.15, 0.2) is 30.3 Å². The molecule has 1 unspecified atom stereocenters. The molecule has 74 valence electrons. The Morgan fingerprint density at radius 2 is 2.14 bits per heavy atom. The van der Waals surface area contributed by atoms with Crippen LogP contribution >= 0.6 is 0 Å². The molecular weight excluding hydrogens is 178 g/mol. The van der Waals surface area contributed by atoms with E-state index in [4.69, 9.17) is 4.74 Å². The normalized spacial score (nSPS) is 20.8. The van der Waals surface area contributed by atoms with E-state index in [1.165, 1.54) is 0 Å². The SMILES string of the molecule is COC1CC(=O)N1Cc1ccccc1. The molecule has 1 aliphatic heterocycles. The van der Waals surface area contributed by atoms with Gasteiger partial charge in [-0.05, 0) is 5.56 Å². The highest BCUT2D eigenvalue weighted by Gasteiger charge is 2.35. The van der Waals surface area contributed by atoms with Gasteiger partial charge in [0.2, 0.25) is 5.91 Å². The number of ether oxygens (including phenoxy) is 1. The molecule has 1 atom stereocenters. The number of benzene rings is 1. The molecule has 0 aliphatic carbocycles. The smallest absolute Gasteiger partial charge is 0.229 e. The second kappa shape index (κ2) is 3.80. The van der Waals surface area contributed by atoms with Crippen molar-refractivity contribution in [3.63, 3.8) is 0 Å². The van der Waals surface area contributed by atoms with E-state index in [1.54, 1.807) is 12.0 Å². The van der Waals surface area contributed by atoms with Crippen molar-refractivity contribution in [2.75, 3.05) is 7.11 Å². The highest BCUT2D eigenvalue weighted by atomic mass is 16.5. The molecule has 0 saturated carbocycles. The maximum absolute atomic E-state index is 11.3. The lowest BCUT2D eigenvalue weighted by Gasteiger charge is -2.39. The van der Waals surface area contributed by atoms with E-state index < -0.39 is 0 Å². The Morgan fingerprint density at radius 1 is 1.43 bits per heavy atom. The van der Waals surface area contributed by atoms with E-state index >= 15 is 0 Å². The van der Waals surface area contributed by atoms with Crippen molar-refractivity contribution < 1.29 is 9.53 Å². The van der Waals surface area contributed by atoms with Gasteiger partial charge in [0, 0.05) is 13.7 Å². The zero-order valence-electron chi connectivity index (χ0n) is 8.14. The minimum Gasteiger partial charge on any atom is -0.361 e. The number of hydrogen-bond donors (Lipinski definition) is 0. The maximum atomic E-state index is 11.3. The zero-order chi connectivity index (χ0) is 9.97. The lowest BCUT2D eigenvalue weighted by molar-refractivity contribution is -0.170. The Bertz CT molecular complexity index is 323. The average Bonchev–Trinajstić information content (AvgIpc) is 2.24. The first-order chi connectivity index (χ1) is 6.81. The van der Waals surface area contributed by atoms with Crippen molar-refractivity contribution >= 4 is 5.91 Å². The van der Waals surface area contributed by atoms with Crippen molar-refractivity contribution in [3.8, 4) is 0 Å². The summed E-state index contributed by atoms with van der Waals surface area (Å²) in [5, 5.41) is 0. The zero-order valence-corrected chi connectivity index (χ0v) is 8.14. The molecule has 0 N–H and O–H groups in total. The van der Waals surface area contributed by atoms with Crippen LogP contribution in [0.4, 0.5) is 0 Å². The minimum absolute atomic E-state index is 0.0253. The van der Waals surface area contributed by atoms with Gasteiger partial charge < -0.3 is 9.64 Å². The van der Waals surface area contributed by atoms with E-state index in [0.29, 0.717) is 13.0 Å². The van der Waals surface area contributed by atoms with Crippen molar-refractivity contribution in [1.82, 2.24) is 4.90 Å². The first kappa shape index (κ1) is 9.21. The van der Waals surface area contributed by atoms with Crippen LogP contribution in [0.2, 0.25) is 0 Å². The van der Waals surface area contributed by atoms with E-state index in [1.807, 2.05) is 30.3 Å². The Balaban J connectivity index is 2.01. The molecule has 0 aromatic heterocycles. The molecule has 1 aromatic carbocycles. The van der Waals surface area contributed by atoms with Crippen LogP contribution in [0.3, 0.4) is 0 Å². The summed E-state index contributed by atoms with van der Waals surface area (Å²) in [5.41, 5.74) is 1.14. The Labute approximate surface area is 83.3 Å². The summed E-state index contributed by atoms with van der Waals surface area (Å²) in [7, 11) is 1.63. The largest absolute Gasteiger partial charge is 0.361 e. The fraction of sp³-hybridized carbons (Fsp3) is 0.364. The number of nitrogens with zero attached hydrogens (tertiary/aromatic N) is 1. The van der Waals surface area contributed by atoms with Crippen LogP contribution in [0, 0.1) is 0 Å². The summed E-state index contributed by atoms with van der Waals surface area (Å²) in [6, 6.07) is 9.94. The van der Waals surface area contributed by atoms with Gasteiger partial charge in [0.25, 0.3) is 0 Å². The van der Waals surface area contributed by atoms with E-state index in [9.17, 15) is 4.79 Å². The van der Waals surface area contributed by atoms with Crippen LogP contribution < -0.4 is 0 Å². The quantitative estimate of drug-likeness (QED) is 0.676. The predicted molar refractivity (Wildman–Crippen MR) is 52.4 cm³/mol. The van der Waals surface area contributed by atoms with Crippen LogP contribution in [-0.4, -0.2) is 24.1 Å². The fourth-order valence-electron chi connectivity index (χ4n) is 1.61. The molecule has 3 nitrogen and oxygen atoms in total. The highest BCUT2D eigenvalue weighted by molar-refractivity contribution is 5.82. The molecular formula is C11H13NO2. The predicted octanol–water partition coefficient (Wildman–Crippen LogP) is 1.39. The van der Waals surface area contributed by atoms with Crippen molar-refractivity contribution in [2.45, 2.75) is 19.2 Å². The van der Waals surface area contributed by atoms with E-state index in [-0.39, 0.29) is 12.1 Å². The number of amides is 1. The molecule has 3 heteroatoms. The molecule has 1 heterocycles. The third-order valence-corrected chi connectivity index (χ3v) is 2.49.